The predicted octanol–water partition coefficient (Wildman–Crippen LogP) is 1.96. The van der Waals surface area contributed by atoms with Crippen molar-refractivity contribution in [3.8, 4) is 0 Å². The van der Waals surface area contributed by atoms with E-state index in [1.54, 1.807) is 0 Å². The van der Waals surface area contributed by atoms with Gasteiger partial charge in [-0.25, -0.2) is 0 Å². The third kappa shape index (κ3) is 8.21. The molecular formula is C6H19ClN2. The van der Waals surface area contributed by atoms with Crippen molar-refractivity contribution >= 4 is 12.4 Å². The summed E-state index contributed by atoms with van der Waals surface area (Å²) in [5.74, 6) is 0.576. The lowest BCUT2D eigenvalue weighted by molar-refractivity contribution is 0.373. The van der Waals surface area contributed by atoms with Gasteiger partial charge < -0.3 is 11.9 Å². The lowest BCUT2D eigenvalue weighted by Crippen LogP contribution is -2.37. The second-order valence-corrected chi connectivity index (χ2v) is 2.98. The van der Waals surface area contributed by atoms with Crippen molar-refractivity contribution < 1.29 is 0 Å². The van der Waals surface area contributed by atoms with Gasteiger partial charge in [-0.2, -0.15) is 0 Å². The molecule has 0 bridgehead atoms. The molecule has 9 heavy (non-hydrogen) atoms. The standard InChI is InChI=1S/C6H15N.ClH.H3N/c1-5(2)6(3,4)7;;/h5H,7H2,1-4H3;1H;1H3. The Kier molecular flexibility index (Phi) is 9.00. The molecule has 0 aliphatic carbocycles. The molecule has 0 spiro atoms. The van der Waals surface area contributed by atoms with Crippen molar-refractivity contribution in [3.63, 3.8) is 0 Å². The number of rotatable bonds is 1. The van der Waals surface area contributed by atoms with Crippen LogP contribution in [-0.4, -0.2) is 5.54 Å². The highest BCUT2D eigenvalue weighted by Gasteiger charge is 2.14. The molecule has 0 radical (unpaired) electrons. The minimum absolute atomic E-state index is 0. The van der Waals surface area contributed by atoms with E-state index < -0.39 is 0 Å². The Bertz CT molecular complexity index is 56.6. The van der Waals surface area contributed by atoms with Crippen molar-refractivity contribution in [1.82, 2.24) is 6.15 Å². The largest absolute Gasteiger partial charge is 0.344 e. The zero-order valence-corrected chi connectivity index (χ0v) is 7.59. The summed E-state index contributed by atoms with van der Waals surface area (Å²) in [5, 5.41) is 0. The number of hydrogen-bond acceptors (Lipinski definition) is 2. The summed E-state index contributed by atoms with van der Waals surface area (Å²) >= 11 is 0. The van der Waals surface area contributed by atoms with Crippen molar-refractivity contribution in [3.05, 3.63) is 0 Å². The first-order chi connectivity index (χ1) is 2.94. The molecule has 0 aromatic heterocycles. The Balaban J connectivity index is -0.000000180. The average molecular weight is 155 g/mol. The normalized spacial score (nSPS) is 10.0. The monoisotopic (exact) mass is 154 g/mol. The topological polar surface area (TPSA) is 61.0 Å². The Morgan fingerprint density at radius 1 is 1.22 bits per heavy atom. The summed E-state index contributed by atoms with van der Waals surface area (Å²) in [6.45, 7) is 8.33. The van der Waals surface area contributed by atoms with Crippen molar-refractivity contribution in [2.24, 2.45) is 11.7 Å². The van der Waals surface area contributed by atoms with Crippen molar-refractivity contribution in [2.75, 3.05) is 0 Å². The SMILES string of the molecule is CC(C)C(C)(C)N.Cl.N. The van der Waals surface area contributed by atoms with Crippen LogP contribution >= 0.6 is 12.4 Å². The van der Waals surface area contributed by atoms with Gasteiger partial charge >= 0.3 is 0 Å². The number of nitrogens with two attached hydrogens (primary N) is 1. The second kappa shape index (κ2) is 5.03. The van der Waals surface area contributed by atoms with Gasteiger partial charge in [0.05, 0.1) is 0 Å². The van der Waals surface area contributed by atoms with E-state index in [4.69, 9.17) is 5.73 Å². The van der Waals surface area contributed by atoms with Gasteiger partial charge in [0.25, 0.3) is 0 Å². The van der Waals surface area contributed by atoms with E-state index in [0.29, 0.717) is 5.92 Å². The Labute approximate surface area is 64.2 Å². The van der Waals surface area contributed by atoms with Gasteiger partial charge in [0.2, 0.25) is 0 Å². The van der Waals surface area contributed by atoms with Crippen LogP contribution in [0, 0.1) is 5.92 Å². The van der Waals surface area contributed by atoms with Crippen LogP contribution < -0.4 is 11.9 Å². The third-order valence-electron chi connectivity index (χ3n) is 1.49. The molecule has 2 nitrogen and oxygen atoms in total. The first kappa shape index (κ1) is 16.1. The van der Waals surface area contributed by atoms with Gasteiger partial charge in [-0.15, -0.1) is 12.4 Å². The first-order valence-corrected chi connectivity index (χ1v) is 2.73. The average Bonchev–Trinajstić information content (AvgIpc) is 1.31. The fourth-order valence-electron chi connectivity index (χ4n) is 0. The van der Waals surface area contributed by atoms with Crippen molar-refractivity contribution in [1.29, 1.82) is 0 Å². The summed E-state index contributed by atoms with van der Waals surface area (Å²) < 4.78 is 0. The molecule has 0 saturated carbocycles. The quantitative estimate of drug-likeness (QED) is 0.607. The lowest BCUT2D eigenvalue weighted by Gasteiger charge is -2.22. The van der Waals surface area contributed by atoms with Gasteiger partial charge in [-0.05, 0) is 19.8 Å². The third-order valence-corrected chi connectivity index (χ3v) is 1.49. The molecule has 0 rings (SSSR count). The van der Waals surface area contributed by atoms with Crippen LogP contribution in [0.1, 0.15) is 27.7 Å². The Hall–Kier alpha value is 0.210. The second-order valence-electron chi connectivity index (χ2n) is 2.98. The number of halogens is 1. The summed E-state index contributed by atoms with van der Waals surface area (Å²) in [6.07, 6.45) is 0. The van der Waals surface area contributed by atoms with E-state index in [0.717, 1.165) is 0 Å². The van der Waals surface area contributed by atoms with Crippen molar-refractivity contribution in [2.45, 2.75) is 33.2 Å². The summed E-state index contributed by atoms with van der Waals surface area (Å²) in [6, 6.07) is 0. The highest BCUT2D eigenvalue weighted by Crippen LogP contribution is 2.09. The molecule has 0 aromatic carbocycles. The van der Waals surface area contributed by atoms with E-state index >= 15 is 0 Å². The Morgan fingerprint density at radius 3 is 1.33 bits per heavy atom. The molecular weight excluding hydrogens is 136 g/mol. The fourth-order valence-corrected chi connectivity index (χ4v) is 0. The predicted molar refractivity (Wildman–Crippen MR) is 45.4 cm³/mol. The highest BCUT2D eigenvalue weighted by atomic mass is 35.5. The van der Waals surface area contributed by atoms with E-state index in [9.17, 15) is 0 Å². The number of hydrogen-bond donors (Lipinski definition) is 2. The van der Waals surface area contributed by atoms with Crippen LogP contribution in [0.15, 0.2) is 0 Å². The van der Waals surface area contributed by atoms with Crippen LogP contribution in [0.2, 0.25) is 0 Å². The van der Waals surface area contributed by atoms with E-state index in [1.165, 1.54) is 0 Å². The van der Waals surface area contributed by atoms with Crippen LogP contribution in [0.4, 0.5) is 0 Å². The summed E-state index contributed by atoms with van der Waals surface area (Å²) in [7, 11) is 0. The molecule has 0 aromatic rings. The smallest absolute Gasteiger partial charge is 0.0120 e. The minimum Gasteiger partial charge on any atom is -0.344 e. The molecule has 0 saturated heterocycles. The molecule has 60 valence electrons. The van der Waals surface area contributed by atoms with E-state index in [-0.39, 0.29) is 24.1 Å². The van der Waals surface area contributed by atoms with Crippen LogP contribution in [0.3, 0.4) is 0 Å². The fraction of sp³-hybridized carbons (Fsp3) is 1.00. The van der Waals surface area contributed by atoms with Crippen LogP contribution in [0.25, 0.3) is 0 Å². The molecule has 0 heterocycles. The van der Waals surface area contributed by atoms with E-state index in [1.807, 2.05) is 13.8 Å². The Morgan fingerprint density at radius 2 is 1.33 bits per heavy atom. The molecule has 0 fully saturated rings. The van der Waals surface area contributed by atoms with Gasteiger partial charge in [0, 0.05) is 5.54 Å². The molecule has 0 atom stereocenters. The zero-order valence-electron chi connectivity index (χ0n) is 6.77. The molecule has 0 amide bonds. The van der Waals surface area contributed by atoms with Crippen LogP contribution in [-0.2, 0) is 0 Å². The lowest BCUT2D eigenvalue weighted by atomic mass is 9.92. The van der Waals surface area contributed by atoms with E-state index in [2.05, 4.69) is 13.8 Å². The maximum Gasteiger partial charge on any atom is 0.0120 e. The molecule has 0 aliphatic heterocycles. The van der Waals surface area contributed by atoms with Gasteiger partial charge in [-0.3, -0.25) is 0 Å². The maximum absolute atomic E-state index is 5.68. The minimum atomic E-state index is 0. The highest BCUT2D eigenvalue weighted by molar-refractivity contribution is 5.85. The molecule has 0 aliphatic rings. The van der Waals surface area contributed by atoms with Gasteiger partial charge in [0.1, 0.15) is 0 Å². The van der Waals surface area contributed by atoms with Crippen LogP contribution in [0.5, 0.6) is 0 Å². The van der Waals surface area contributed by atoms with Gasteiger partial charge in [0.15, 0.2) is 0 Å². The molecule has 5 N–H and O–H groups in total. The van der Waals surface area contributed by atoms with Gasteiger partial charge in [-0.1, -0.05) is 13.8 Å². The summed E-state index contributed by atoms with van der Waals surface area (Å²) in [4.78, 5) is 0. The molecule has 3 heteroatoms. The zero-order chi connectivity index (χ0) is 6.08. The summed E-state index contributed by atoms with van der Waals surface area (Å²) in [5.41, 5.74) is 5.68. The maximum atomic E-state index is 5.68. The first-order valence-electron chi connectivity index (χ1n) is 2.73. The molecule has 0 unspecified atom stereocenters.